The van der Waals surface area contributed by atoms with Gasteiger partial charge in [-0.1, -0.05) is 41.1 Å². The fourth-order valence-electron chi connectivity index (χ4n) is 3.50. The van der Waals surface area contributed by atoms with Gasteiger partial charge in [-0.05, 0) is 49.2 Å². The molecule has 3 aromatic heterocycles. The predicted octanol–water partition coefficient (Wildman–Crippen LogP) is 4.12. The quantitative estimate of drug-likeness (QED) is 0.479. The summed E-state index contributed by atoms with van der Waals surface area (Å²) in [7, 11) is 0. The van der Waals surface area contributed by atoms with E-state index in [0.29, 0.717) is 14.5 Å². The van der Waals surface area contributed by atoms with Crippen LogP contribution in [0.1, 0.15) is 16.7 Å². The third-order valence-electron chi connectivity index (χ3n) is 4.77. The molecule has 0 radical (unpaired) electrons. The summed E-state index contributed by atoms with van der Waals surface area (Å²) in [6.07, 6.45) is 3.59. The molecule has 0 aliphatic rings. The standard InChI is InChI=1S/C21H15ClN4OS/c1-11-7-12(2)18-16(8-11)26-20(27)17(28-21(26)24-18)9-14-10-23-25-19(14)13-3-5-15(22)6-4-13/h3-10H,1-2H3,(H,23,25)/b17-9-. The molecule has 0 bridgehead atoms. The molecule has 5 nitrogen and oxygen atoms in total. The van der Waals surface area contributed by atoms with Crippen LogP contribution < -0.4 is 10.1 Å². The van der Waals surface area contributed by atoms with Crippen molar-refractivity contribution in [2.45, 2.75) is 13.8 Å². The molecule has 1 N–H and O–H groups in total. The minimum Gasteiger partial charge on any atom is -0.277 e. The smallest absolute Gasteiger partial charge is 0.274 e. The summed E-state index contributed by atoms with van der Waals surface area (Å²) in [5, 5.41) is 7.84. The number of aryl methyl sites for hydroxylation is 2. The van der Waals surface area contributed by atoms with Crippen LogP contribution in [0.3, 0.4) is 0 Å². The van der Waals surface area contributed by atoms with Crippen molar-refractivity contribution in [3.05, 3.63) is 79.2 Å². The van der Waals surface area contributed by atoms with Gasteiger partial charge in [0.1, 0.15) is 0 Å². The van der Waals surface area contributed by atoms with Gasteiger partial charge < -0.3 is 0 Å². The number of thiazole rings is 1. The van der Waals surface area contributed by atoms with Gasteiger partial charge in [0.15, 0.2) is 4.96 Å². The van der Waals surface area contributed by atoms with Crippen molar-refractivity contribution in [2.75, 3.05) is 0 Å². The summed E-state index contributed by atoms with van der Waals surface area (Å²) in [5.41, 5.74) is 6.52. The Hall–Kier alpha value is -2.96. The molecule has 28 heavy (non-hydrogen) atoms. The second kappa shape index (κ2) is 6.29. The molecule has 5 aromatic rings. The van der Waals surface area contributed by atoms with Crippen LogP contribution in [-0.4, -0.2) is 19.6 Å². The number of rotatable bonds is 2. The number of hydrogen-bond acceptors (Lipinski definition) is 4. The van der Waals surface area contributed by atoms with Crippen LogP contribution in [0.15, 0.2) is 47.4 Å². The summed E-state index contributed by atoms with van der Waals surface area (Å²) in [4.78, 5) is 18.5. The SMILES string of the molecule is Cc1cc(C)c2nc3s/c(=C\c4cn[nH]c4-c4ccc(Cl)cc4)c(=O)n3c2c1. The summed E-state index contributed by atoms with van der Waals surface area (Å²) < 4.78 is 2.33. The Morgan fingerprint density at radius 3 is 2.75 bits per heavy atom. The molecule has 0 aliphatic heterocycles. The minimum atomic E-state index is -0.0595. The van der Waals surface area contributed by atoms with Gasteiger partial charge in [-0.15, -0.1) is 0 Å². The van der Waals surface area contributed by atoms with E-state index in [4.69, 9.17) is 11.6 Å². The fraction of sp³-hybridized carbons (Fsp3) is 0.0952. The average molecular weight is 407 g/mol. The van der Waals surface area contributed by atoms with Gasteiger partial charge in [-0.2, -0.15) is 5.10 Å². The Bertz CT molecular complexity index is 1460. The Kier molecular flexibility index (Phi) is 3.86. The topological polar surface area (TPSA) is 63.0 Å². The van der Waals surface area contributed by atoms with Crippen molar-refractivity contribution in [2.24, 2.45) is 0 Å². The number of fused-ring (bicyclic) bond motifs is 3. The van der Waals surface area contributed by atoms with E-state index in [9.17, 15) is 4.79 Å². The zero-order valence-corrected chi connectivity index (χ0v) is 16.7. The lowest BCUT2D eigenvalue weighted by molar-refractivity contribution is 1.10. The van der Waals surface area contributed by atoms with E-state index in [1.54, 1.807) is 10.6 Å². The molecule has 138 valence electrons. The lowest BCUT2D eigenvalue weighted by Crippen LogP contribution is -2.22. The molecule has 0 saturated carbocycles. The Balaban J connectivity index is 1.72. The van der Waals surface area contributed by atoms with Crippen molar-refractivity contribution in [3.63, 3.8) is 0 Å². The first-order chi connectivity index (χ1) is 13.5. The molecular formula is C21H15ClN4OS. The maximum Gasteiger partial charge on any atom is 0.274 e. The molecule has 0 atom stereocenters. The van der Waals surface area contributed by atoms with E-state index in [1.165, 1.54) is 11.3 Å². The number of halogens is 1. The van der Waals surface area contributed by atoms with Crippen LogP contribution >= 0.6 is 22.9 Å². The molecule has 5 rings (SSSR count). The van der Waals surface area contributed by atoms with Gasteiger partial charge in [0.05, 0.1) is 27.5 Å². The molecule has 0 spiro atoms. The van der Waals surface area contributed by atoms with Crippen molar-refractivity contribution in [1.29, 1.82) is 0 Å². The predicted molar refractivity (Wildman–Crippen MR) is 114 cm³/mol. The number of aromatic amines is 1. The highest BCUT2D eigenvalue weighted by Crippen LogP contribution is 2.24. The summed E-state index contributed by atoms with van der Waals surface area (Å²) in [6, 6.07) is 11.6. The Morgan fingerprint density at radius 1 is 1.18 bits per heavy atom. The molecule has 0 unspecified atom stereocenters. The highest BCUT2D eigenvalue weighted by Gasteiger charge is 2.14. The zero-order chi connectivity index (χ0) is 19.4. The fourth-order valence-corrected chi connectivity index (χ4v) is 4.60. The van der Waals surface area contributed by atoms with Crippen LogP contribution in [0.2, 0.25) is 5.02 Å². The summed E-state index contributed by atoms with van der Waals surface area (Å²) in [6.45, 7) is 4.05. The zero-order valence-electron chi connectivity index (χ0n) is 15.2. The number of benzene rings is 2. The number of hydrogen-bond donors (Lipinski definition) is 1. The highest BCUT2D eigenvalue weighted by molar-refractivity contribution is 7.15. The lowest BCUT2D eigenvalue weighted by atomic mass is 10.1. The van der Waals surface area contributed by atoms with Crippen molar-refractivity contribution in [1.82, 2.24) is 19.6 Å². The van der Waals surface area contributed by atoms with Crippen LogP contribution in [0.5, 0.6) is 0 Å². The van der Waals surface area contributed by atoms with Crippen LogP contribution in [-0.2, 0) is 0 Å². The largest absolute Gasteiger partial charge is 0.277 e. The van der Waals surface area contributed by atoms with Crippen molar-refractivity contribution < 1.29 is 0 Å². The van der Waals surface area contributed by atoms with Crippen molar-refractivity contribution in [3.8, 4) is 11.3 Å². The number of nitrogens with one attached hydrogen (secondary N) is 1. The number of nitrogens with zero attached hydrogens (tertiary/aromatic N) is 3. The van der Waals surface area contributed by atoms with E-state index in [-0.39, 0.29) is 5.56 Å². The van der Waals surface area contributed by atoms with Gasteiger partial charge in [0.25, 0.3) is 5.56 Å². The Morgan fingerprint density at radius 2 is 1.96 bits per heavy atom. The van der Waals surface area contributed by atoms with Crippen LogP contribution in [0, 0.1) is 13.8 Å². The summed E-state index contributed by atoms with van der Waals surface area (Å²) in [5.74, 6) is 0. The summed E-state index contributed by atoms with van der Waals surface area (Å²) >= 11 is 7.37. The van der Waals surface area contributed by atoms with E-state index < -0.39 is 0 Å². The van der Waals surface area contributed by atoms with E-state index in [0.717, 1.165) is 39.0 Å². The maximum atomic E-state index is 13.1. The monoisotopic (exact) mass is 406 g/mol. The number of H-pyrrole nitrogens is 1. The van der Waals surface area contributed by atoms with Gasteiger partial charge in [0.2, 0.25) is 0 Å². The van der Waals surface area contributed by atoms with Crippen molar-refractivity contribution >= 4 is 45.0 Å². The van der Waals surface area contributed by atoms with Gasteiger partial charge in [0, 0.05) is 16.1 Å². The molecule has 3 heterocycles. The Labute approximate surface area is 168 Å². The molecule has 0 aliphatic carbocycles. The van der Waals surface area contributed by atoms with Gasteiger partial charge in [-0.3, -0.25) is 9.89 Å². The first kappa shape index (κ1) is 17.2. The highest BCUT2D eigenvalue weighted by atomic mass is 35.5. The third kappa shape index (κ3) is 2.65. The molecule has 0 amide bonds. The minimum absolute atomic E-state index is 0.0595. The van der Waals surface area contributed by atoms with E-state index in [1.807, 2.05) is 50.3 Å². The average Bonchev–Trinajstić information content (AvgIpc) is 3.33. The molecular weight excluding hydrogens is 392 g/mol. The second-order valence-electron chi connectivity index (χ2n) is 6.80. The van der Waals surface area contributed by atoms with Gasteiger partial charge in [-0.25, -0.2) is 9.38 Å². The lowest BCUT2D eigenvalue weighted by Gasteiger charge is -1.99. The third-order valence-corrected chi connectivity index (χ3v) is 5.99. The van der Waals surface area contributed by atoms with Crippen LogP contribution in [0.4, 0.5) is 0 Å². The second-order valence-corrected chi connectivity index (χ2v) is 8.25. The van der Waals surface area contributed by atoms with E-state index >= 15 is 0 Å². The molecule has 0 fully saturated rings. The van der Waals surface area contributed by atoms with Gasteiger partial charge >= 0.3 is 0 Å². The van der Waals surface area contributed by atoms with E-state index in [2.05, 4.69) is 21.2 Å². The molecule has 0 saturated heterocycles. The number of imidazole rings is 1. The normalized spacial score (nSPS) is 12.5. The maximum absolute atomic E-state index is 13.1. The van der Waals surface area contributed by atoms with Crippen LogP contribution in [0.25, 0.3) is 33.3 Å². The molecule has 2 aromatic carbocycles. The number of aromatic nitrogens is 4. The first-order valence-corrected chi connectivity index (χ1v) is 9.94. The molecule has 7 heteroatoms. The first-order valence-electron chi connectivity index (χ1n) is 8.74.